The van der Waals surface area contributed by atoms with E-state index in [2.05, 4.69) is 42.5 Å². The normalized spacial score (nSPS) is 15.0. The fraction of sp³-hybridized carbons (Fsp3) is 0.378. The first-order valence-corrected chi connectivity index (χ1v) is 46.0. The molecule has 8 aromatic carbocycles. The lowest BCUT2D eigenvalue weighted by Crippen LogP contribution is -2.22. The number of anilines is 8. The zero-order chi connectivity index (χ0) is 91.4. The van der Waals surface area contributed by atoms with Crippen LogP contribution in [0, 0.1) is 0 Å². The monoisotopic (exact) mass is 1800 g/mol. The number of nitrogens with one attached hydrogen (secondary N) is 8. The summed E-state index contributed by atoms with van der Waals surface area (Å²) in [5.41, 5.74) is 3.60. The smallest absolute Gasteiger partial charge is 0.411 e. The third kappa shape index (κ3) is 20.5. The summed E-state index contributed by atoms with van der Waals surface area (Å²) in [6.07, 6.45) is -5.94. The summed E-state index contributed by atoms with van der Waals surface area (Å²) in [4.78, 5) is 112. The molecule has 5 aliphatic rings. The molecule has 4 aliphatic heterocycles. The van der Waals surface area contributed by atoms with Crippen LogP contribution in [0.2, 0.25) is 0 Å². The first-order valence-electron chi connectivity index (χ1n) is 42.5. The molecule has 8 N–H and O–H groups in total. The van der Waals surface area contributed by atoms with Crippen LogP contribution in [0.25, 0.3) is 0 Å². The van der Waals surface area contributed by atoms with Crippen LogP contribution >= 0.6 is 15.2 Å². The van der Waals surface area contributed by atoms with Crippen LogP contribution in [0.1, 0.15) is 191 Å². The highest BCUT2D eigenvalue weighted by molar-refractivity contribution is 7.55. The van der Waals surface area contributed by atoms with Crippen molar-refractivity contribution in [2.45, 2.75) is 146 Å². The largest absolute Gasteiger partial charge is 0.453 e. The van der Waals surface area contributed by atoms with Gasteiger partial charge in [-0.25, -0.2) is 28.8 Å². The van der Waals surface area contributed by atoms with Gasteiger partial charge in [0, 0.05) is 141 Å². The third-order valence-electron chi connectivity index (χ3n) is 20.9. The van der Waals surface area contributed by atoms with Crippen molar-refractivity contribution < 1.29 is 132 Å². The number of ether oxygens (including phenoxy) is 14. The van der Waals surface area contributed by atoms with Crippen molar-refractivity contribution in [1.82, 2.24) is 0 Å². The molecule has 13 rings (SSSR count). The van der Waals surface area contributed by atoms with Gasteiger partial charge in [0.15, 0.2) is 46.0 Å². The van der Waals surface area contributed by atoms with Gasteiger partial charge >= 0.3 is 51.8 Å². The molecule has 2 atom stereocenters. The number of fused-ring (bicyclic) bond motifs is 4. The minimum Gasteiger partial charge on any atom is -0.453 e. The van der Waals surface area contributed by atoms with Crippen LogP contribution in [0.4, 0.5) is 74.3 Å². The van der Waals surface area contributed by atoms with Crippen LogP contribution in [0.15, 0.2) is 97.1 Å². The lowest BCUT2D eigenvalue weighted by atomic mass is 9.77. The minimum absolute atomic E-state index is 0.0301. The second-order valence-electron chi connectivity index (χ2n) is 29.1. The lowest BCUT2D eigenvalue weighted by molar-refractivity contribution is -0.115. The summed E-state index contributed by atoms with van der Waals surface area (Å²) >= 11 is 0. The molecule has 680 valence electrons. The van der Waals surface area contributed by atoms with E-state index in [0.29, 0.717) is 50.9 Å². The SMILES string of the molecule is CCOC(=O)Nc1cc2c(cc1NC(=O)OCC)Oc1cc3c4cc1C(CC)c1cc5c(cc1O2)Oc1cc(NC(=O)CP(=O)(OCC)OCC)c(NC(=O)CP(=O)(OCC)OCC)cc1Oc1cc2c(cc1C5CC)C(CC)c1cc(c(cc1Oc1cc(NC(=O)OCC)c(NC(=O)OCC)cc1O2)Oc1cc(NC(=O)OCC)c(NC(=O)OCC)cc1O3)C4CC. The van der Waals surface area contributed by atoms with Gasteiger partial charge in [0.2, 0.25) is 11.8 Å². The lowest BCUT2D eigenvalue weighted by Gasteiger charge is -2.29. The molecule has 36 nitrogen and oxygen atoms in total. The molecule has 8 amide bonds. The van der Waals surface area contributed by atoms with E-state index in [1.807, 2.05) is 52.0 Å². The molecule has 0 fully saturated rings. The highest BCUT2D eigenvalue weighted by Gasteiger charge is 2.41. The van der Waals surface area contributed by atoms with E-state index in [-0.39, 0.29) is 223 Å². The quantitative estimate of drug-likeness (QED) is 0.0153. The average molecular weight is 1810 g/mol. The zero-order valence-corrected chi connectivity index (χ0v) is 75.0. The van der Waals surface area contributed by atoms with Gasteiger partial charge in [0.1, 0.15) is 58.3 Å². The van der Waals surface area contributed by atoms with Crippen molar-refractivity contribution in [2.75, 3.05) is 121 Å². The Bertz CT molecular complexity index is 5340. The number of hydrogen-bond donors (Lipinski definition) is 8. The van der Waals surface area contributed by atoms with Gasteiger partial charge in [-0.1, -0.05) is 27.7 Å². The molecule has 1 aliphatic carbocycles. The minimum atomic E-state index is -4.16. The van der Waals surface area contributed by atoms with E-state index in [0.717, 1.165) is 0 Å². The molecule has 38 heteroatoms. The van der Waals surface area contributed by atoms with Crippen molar-refractivity contribution in [3.05, 3.63) is 142 Å². The van der Waals surface area contributed by atoms with E-state index < -0.39 is 99.6 Å². The molecule has 128 heavy (non-hydrogen) atoms. The van der Waals surface area contributed by atoms with Gasteiger partial charge in [-0.15, -0.1) is 0 Å². The van der Waals surface area contributed by atoms with E-state index in [1.54, 1.807) is 93.5 Å². The molecule has 4 heterocycles. The fourth-order valence-electron chi connectivity index (χ4n) is 15.8. The Balaban J connectivity index is 1.20. The summed E-state index contributed by atoms with van der Waals surface area (Å²) in [5.74, 6) is -4.49. The molecule has 0 radical (unpaired) electrons. The van der Waals surface area contributed by atoms with Gasteiger partial charge < -0.3 is 95.0 Å². The Morgan fingerprint density at radius 2 is 0.383 bits per heavy atom. The van der Waals surface area contributed by atoms with Gasteiger partial charge in [-0.3, -0.25) is 50.6 Å². The molecule has 8 bridgehead atoms. The summed E-state index contributed by atoms with van der Waals surface area (Å²) in [6, 6.07) is 26.0. The third-order valence-corrected chi connectivity index (χ3v) is 24.9. The fourth-order valence-corrected chi connectivity index (χ4v) is 18.7. The molecular weight excluding hydrogens is 1700 g/mol. The van der Waals surface area contributed by atoms with E-state index in [1.165, 1.54) is 48.5 Å². The van der Waals surface area contributed by atoms with Gasteiger partial charge in [-0.05, 0) is 119 Å². The number of hydrogen-bond acceptors (Lipinski definition) is 28. The first kappa shape index (κ1) is 92.7. The molecule has 0 aromatic heterocycles. The number of carbonyl (C=O) groups excluding carboxylic acids is 8. The highest BCUT2D eigenvalue weighted by Crippen LogP contribution is 2.61. The van der Waals surface area contributed by atoms with Gasteiger partial charge in [-0.2, -0.15) is 0 Å². The number of rotatable bonds is 30. The predicted octanol–water partition coefficient (Wildman–Crippen LogP) is 23.6. The second kappa shape index (κ2) is 40.8. The second-order valence-corrected chi connectivity index (χ2v) is 33.2. The van der Waals surface area contributed by atoms with Crippen molar-refractivity contribution in [3.8, 4) is 92.0 Å². The van der Waals surface area contributed by atoms with Crippen molar-refractivity contribution >= 4 is 109 Å². The van der Waals surface area contributed by atoms with E-state index in [9.17, 15) is 47.5 Å². The van der Waals surface area contributed by atoms with Crippen molar-refractivity contribution in [3.63, 3.8) is 0 Å². The molecule has 0 saturated carbocycles. The average Bonchev–Trinajstić information content (AvgIpc) is 1.49. The van der Waals surface area contributed by atoms with Crippen LogP contribution in [-0.2, 0) is 65.2 Å². The van der Waals surface area contributed by atoms with Crippen LogP contribution in [-0.4, -0.2) is 127 Å². The summed E-state index contributed by atoms with van der Waals surface area (Å²) in [6.45, 7) is 23.3. The molecule has 2 unspecified atom stereocenters. The maximum atomic E-state index is 14.7. The van der Waals surface area contributed by atoms with Crippen molar-refractivity contribution in [2.24, 2.45) is 0 Å². The summed E-state index contributed by atoms with van der Waals surface area (Å²) in [5, 5.41) is 22.1. The number of carbonyl (C=O) groups is 8. The topological polar surface area (TPSA) is 433 Å². The Morgan fingerprint density at radius 1 is 0.227 bits per heavy atom. The van der Waals surface area contributed by atoms with Gasteiger partial charge in [0.05, 0.1) is 112 Å². The van der Waals surface area contributed by atoms with E-state index in [4.69, 9.17) is 84.4 Å². The maximum absolute atomic E-state index is 14.7. The predicted molar refractivity (Wildman–Crippen MR) is 473 cm³/mol. The Kier molecular flexibility index (Phi) is 29.5. The Morgan fingerprint density at radius 3 is 0.523 bits per heavy atom. The highest BCUT2D eigenvalue weighted by atomic mass is 31.2. The van der Waals surface area contributed by atoms with Crippen LogP contribution in [0.3, 0.4) is 0 Å². The number of benzene rings is 8. The Labute approximate surface area is 738 Å². The zero-order valence-electron chi connectivity index (χ0n) is 73.2. The van der Waals surface area contributed by atoms with Crippen LogP contribution < -0.4 is 80.4 Å². The number of amides is 8. The summed E-state index contributed by atoms with van der Waals surface area (Å²) < 4.78 is 142. The van der Waals surface area contributed by atoms with Crippen LogP contribution in [0.5, 0.6) is 92.0 Å². The maximum Gasteiger partial charge on any atom is 0.411 e. The standard InChI is InChI=1S/C90H102N8O28P2/c1-15-47-51-29-53-48(16-2)55-31-57-50(18-4)58-32-56-49(17-3)54-30-52(47)68-42-70(54)122-78-36-62(94-86(102)110-20-6)64(96-88(104)112-22-8)38-80(78)124-72(56)44-74(58)126-82-40-66(98-90(106)114-24-10)65(97-89(105)113-23-9)39-81(82)125-73(57)43-71(55)123-79-37-63(95-87(103)111-21-7)61(93-85(101)109-19-5)35-77(79)121-69(53)41-67(51)119-75-33-59(91-83(99)45-127(107,115-25-11)116-26-12)60(34-76(75)120-68)92-84(100)46-128(108,117-27-13)118-28-14/h29-44,47-50H,15-28,45-46H2,1-14H3,(H,91,99)(H,92,100)(H,93,101)(H,94,102)(H,95,103)(H,96,104)(H,97,105)(H,98,106). The molecule has 8 aromatic rings. The molecule has 0 spiro atoms. The summed E-state index contributed by atoms with van der Waals surface area (Å²) in [7, 11) is -8.32. The van der Waals surface area contributed by atoms with Crippen molar-refractivity contribution in [1.29, 1.82) is 0 Å². The Hall–Kier alpha value is -13.0. The molecule has 0 saturated heterocycles. The van der Waals surface area contributed by atoms with Gasteiger partial charge in [0.25, 0.3) is 0 Å². The van der Waals surface area contributed by atoms with E-state index >= 15 is 0 Å². The molecular formula is C90H102N8O28P2. The first-order chi connectivity index (χ1) is 61.7.